The Bertz CT molecular complexity index is 995. The number of rotatable bonds is 5. The monoisotopic (exact) mass is 341 g/mol. The molecule has 2 aromatic heterocycles. The van der Waals surface area contributed by atoms with Crippen LogP contribution >= 0.6 is 0 Å². The number of fused-ring (bicyclic) bond motifs is 1. The SMILES string of the molecule is COc1ncnc2c1ccn2CC=C(c1ccccc1)c1ccccc1. The molecule has 0 N–H and O–H groups in total. The van der Waals surface area contributed by atoms with Crippen molar-refractivity contribution in [1.29, 1.82) is 0 Å². The second kappa shape index (κ2) is 7.23. The molecule has 0 spiro atoms. The Hall–Kier alpha value is -3.40. The van der Waals surface area contributed by atoms with Gasteiger partial charge < -0.3 is 9.30 Å². The maximum Gasteiger partial charge on any atom is 0.225 e. The van der Waals surface area contributed by atoms with E-state index in [-0.39, 0.29) is 0 Å². The fraction of sp³-hybridized carbons (Fsp3) is 0.0909. The number of methoxy groups -OCH3 is 1. The molecule has 4 rings (SSSR count). The van der Waals surface area contributed by atoms with Gasteiger partial charge in [0, 0.05) is 12.7 Å². The van der Waals surface area contributed by atoms with Crippen LogP contribution in [0.25, 0.3) is 16.6 Å². The number of nitrogens with zero attached hydrogens (tertiary/aromatic N) is 3. The van der Waals surface area contributed by atoms with E-state index in [0.717, 1.165) is 11.0 Å². The zero-order chi connectivity index (χ0) is 17.8. The van der Waals surface area contributed by atoms with Crippen molar-refractivity contribution in [2.75, 3.05) is 7.11 Å². The van der Waals surface area contributed by atoms with Crippen LogP contribution in [0.3, 0.4) is 0 Å². The van der Waals surface area contributed by atoms with Crippen molar-refractivity contribution in [2.24, 2.45) is 0 Å². The lowest BCUT2D eigenvalue weighted by Gasteiger charge is -2.10. The molecule has 4 heteroatoms. The van der Waals surface area contributed by atoms with Crippen molar-refractivity contribution in [3.63, 3.8) is 0 Å². The highest BCUT2D eigenvalue weighted by molar-refractivity contribution is 5.82. The number of benzene rings is 2. The van der Waals surface area contributed by atoms with Crippen LogP contribution in [-0.2, 0) is 6.54 Å². The third kappa shape index (κ3) is 3.09. The van der Waals surface area contributed by atoms with Crippen molar-refractivity contribution in [3.8, 4) is 5.88 Å². The summed E-state index contributed by atoms with van der Waals surface area (Å²) >= 11 is 0. The summed E-state index contributed by atoms with van der Waals surface area (Å²) in [7, 11) is 1.63. The van der Waals surface area contributed by atoms with Crippen molar-refractivity contribution in [3.05, 3.63) is 96.5 Å². The first-order valence-corrected chi connectivity index (χ1v) is 8.51. The number of ether oxygens (including phenoxy) is 1. The number of hydrogen-bond acceptors (Lipinski definition) is 3. The van der Waals surface area contributed by atoms with Crippen molar-refractivity contribution >= 4 is 16.6 Å². The first-order chi connectivity index (χ1) is 12.9. The van der Waals surface area contributed by atoms with E-state index in [2.05, 4.69) is 69.1 Å². The van der Waals surface area contributed by atoms with Gasteiger partial charge in [0.05, 0.1) is 12.5 Å². The third-order valence-corrected chi connectivity index (χ3v) is 4.37. The van der Waals surface area contributed by atoms with Crippen LogP contribution in [0.1, 0.15) is 11.1 Å². The molecule has 2 aromatic carbocycles. The van der Waals surface area contributed by atoms with Gasteiger partial charge in [-0.1, -0.05) is 66.7 Å². The molecule has 0 amide bonds. The normalized spacial score (nSPS) is 10.7. The Kier molecular flexibility index (Phi) is 4.48. The molecular formula is C22H19N3O. The maximum absolute atomic E-state index is 5.33. The first-order valence-electron chi connectivity index (χ1n) is 8.51. The van der Waals surface area contributed by atoms with Gasteiger partial charge in [-0.25, -0.2) is 9.97 Å². The van der Waals surface area contributed by atoms with Crippen LogP contribution in [-0.4, -0.2) is 21.6 Å². The molecule has 0 fully saturated rings. The quantitative estimate of drug-likeness (QED) is 0.534. The van der Waals surface area contributed by atoms with E-state index in [1.54, 1.807) is 7.11 Å². The first kappa shape index (κ1) is 16.1. The van der Waals surface area contributed by atoms with Crippen LogP contribution < -0.4 is 4.74 Å². The molecule has 0 aliphatic heterocycles. The van der Waals surface area contributed by atoms with E-state index in [1.165, 1.54) is 23.0 Å². The van der Waals surface area contributed by atoms with Crippen LogP contribution in [0.15, 0.2) is 85.3 Å². The molecule has 0 saturated heterocycles. The minimum absolute atomic E-state index is 0.601. The maximum atomic E-state index is 5.33. The third-order valence-electron chi connectivity index (χ3n) is 4.37. The molecule has 4 nitrogen and oxygen atoms in total. The summed E-state index contributed by atoms with van der Waals surface area (Å²) in [6, 6.07) is 22.9. The molecular weight excluding hydrogens is 322 g/mol. The largest absolute Gasteiger partial charge is 0.480 e. The molecule has 0 radical (unpaired) electrons. The van der Waals surface area contributed by atoms with Crippen molar-refractivity contribution in [2.45, 2.75) is 6.54 Å². The minimum atomic E-state index is 0.601. The highest BCUT2D eigenvalue weighted by atomic mass is 16.5. The smallest absolute Gasteiger partial charge is 0.225 e. The highest BCUT2D eigenvalue weighted by Gasteiger charge is 2.09. The Morgan fingerprint density at radius 1 is 0.923 bits per heavy atom. The van der Waals surface area contributed by atoms with Crippen LogP contribution in [0.2, 0.25) is 0 Å². The average Bonchev–Trinajstić information content (AvgIpc) is 3.13. The lowest BCUT2D eigenvalue weighted by molar-refractivity contribution is 0.402. The summed E-state index contributed by atoms with van der Waals surface area (Å²) in [6.07, 6.45) is 5.79. The van der Waals surface area contributed by atoms with E-state index in [0.29, 0.717) is 12.4 Å². The predicted molar refractivity (Wildman–Crippen MR) is 104 cm³/mol. The van der Waals surface area contributed by atoms with Gasteiger partial charge in [0.2, 0.25) is 5.88 Å². The van der Waals surface area contributed by atoms with E-state index in [1.807, 2.05) is 24.4 Å². The highest BCUT2D eigenvalue weighted by Crippen LogP contribution is 2.25. The van der Waals surface area contributed by atoms with Crippen LogP contribution in [0.5, 0.6) is 5.88 Å². The summed E-state index contributed by atoms with van der Waals surface area (Å²) in [4.78, 5) is 8.58. The van der Waals surface area contributed by atoms with Crippen molar-refractivity contribution in [1.82, 2.24) is 14.5 Å². The van der Waals surface area contributed by atoms with E-state index >= 15 is 0 Å². The number of hydrogen-bond donors (Lipinski definition) is 0. The summed E-state index contributed by atoms with van der Waals surface area (Å²) in [6.45, 7) is 0.711. The molecule has 0 bridgehead atoms. The Morgan fingerprint density at radius 3 is 2.19 bits per heavy atom. The summed E-state index contributed by atoms with van der Waals surface area (Å²) in [5.41, 5.74) is 4.47. The average molecular weight is 341 g/mol. The fourth-order valence-corrected chi connectivity index (χ4v) is 3.12. The van der Waals surface area contributed by atoms with Gasteiger partial charge in [-0.05, 0) is 22.8 Å². The van der Waals surface area contributed by atoms with E-state index in [9.17, 15) is 0 Å². The van der Waals surface area contributed by atoms with Gasteiger partial charge in [0.15, 0.2) is 0 Å². The second-order valence-electron chi connectivity index (χ2n) is 5.94. The standard InChI is InChI=1S/C22H19N3O/c1-26-22-20-13-15-25(21(20)23-16-24-22)14-12-19(17-8-4-2-5-9-17)18-10-6-3-7-11-18/h2-13,15-16H,14H2,1H3. The molecule has 0 aliphatic carbocycles. The van der Waals surface area contributed by atoms with Crippen molar-refractivity contribution < 1.29 is 4.74 Å². The lowest BCUT2D eigenvalue weighted by atomic mass is 9.97. The molecule has 0 aliphatic rings. The molecule has 2 heterocycles. The van der Waals surface area contributed by atoms with Gasteiger partial charge in [0.1, 0.15) is 12.0 Å². The topological polar surface area (TPSA) is 39.9 Å². The zero-order valence-electron chi connectivity index (χ0n) is 14.5. The Morgan fingerprint density at radius 2 is 1.58 bits per heavy atom. The van der Waals surface area contributed by atoms with Gasteiger partial charge in [-0.2, -0.15) is 0 Å². The van der Waals surface area contributed by atoms with Gasteiger partial charge in [-0.3, -0.25) is 0 Å². The summed E-state index contributed by atoms with van der Waals surface area (Å²) < 4.78 is 7.43. The molecule has 26 heavy (non-hydrogen) atoms. The zero-order valence-corrected chi connectivity index (χ0v) is 14.5. The van der Waals surface area contributed by atoms with Gasteiger partial charge in [-0.15, -0.1) is 0 Å². The van der Waals surface area contributed by atoms with Gasteiger partial charge in [0.25, 0.3) is 0 Å². The van der Waals surface area contributed by atoms with Crippen LogP contribution in [0.4, 0.5) is 0 Å². The second-order valence-corrected chi connectivity index (χ2v) is 5.94. The lowest BCUT2D eigenvalue weighted by Crippen LogP contribution is -1.98. The predicted octanol–water partition coefficient (Wildman–Crippen LogP) is 4.57. The van der Waals surface area contributed by atoms with Gasteiger partial charge >= 0.3 is 0 Å². The molecule has 0 unspecified atom stereocenters. The molecule has 4 aromatic rings. The molecule has 0 saturated carbocycles. The fourth-order valence-electron chi connectivity index (χ4n) is 3.12. The number of aromatic nitrogens is 3. The minimum Gasteiger partial charge on any atom is -0.480 e. The Labute approximate surface area is 152 Å². The van der Waals surface area contributed by atoms with Crippen LogP contribution in [0, 0.1) is 0 Å². The summed E-state index contributed by atoms with van der Waals surface area (Å²) in [5.74, 6) is 0.601. The molecule has 128 valence electrons. The van der Waals surface area contributed by atoms with E-state index in [4.69, 9.17) is 4.74 Å². The van der Waals surface area contributed by atoms with E-state index < -0.39 is 0 Å². The Balaban J connectivity index is 1.75. The number of allylic oxidation sites excluding steroid dienone is 1. The molecule has 0 atom stereocenters. The summed E-state index contributed by atoms with van der Waals surface area (Å²) in [5, 5.41) is 0.921.